The van der Waals surface area contributed by atoms with Crippen molar-refractivity contribution in [3.63, 3.8) is 0 Å². The first-order chi connectivity index (χ1) is 13.8. The van der Waals surface area contributed by atoms with Crippen LogP contribution in [0.4, 0.5) is 4.79 Å². The smallest absolute Gasteiger partial charge is 0.325 e. The molecular weight excluding hydrogens is 396 g/mol. The number of carbonyl (C=O) groups excluding carboxylic acids is 3. The van der Waals surface area contributed by atoms with Gasteiger partial charge in [0.1, 0.15) is 17.0 Å². The molecule has 1 saturated heterocycles. The molecular formula is C21H21ClN2O5. The lowest BCUT2D eigenvalue weighted by Crippen LogP contribution is -2.46. The van der Waals surface area contributed by atoms with Gasteiger partial charge in [0.25, 0.3) is 5.91 Å². The van der Waals surface area contributed by atoms with Gasteiger partial charge in [-0.05, 0) is 36.8 Å². The number of nitrogens with one attached hydrogen (secondary N) is 1. The number of hydrogen-bond donors (Lipinski definition) is 1. The molecule has 7 nitrogen and oxygen atoms in total. The largest absolute Gasteiger partial charge is 0.496 e. The molecule has 0 spiro atoms. The van der Waals surface area contributed by atoms with Gasteiger partial charge in [-0.2, -0.15) is 0 Å². The fourth-order valence-corrected chi connectivity index (χ4v) is 3.57. The highest BCUT2D eigenvalue weighted by Gasteiger charge is 2.48. The van der Waals surface area contributed by atoms with Crippen LogP contribution in [0.2, 0.25) is 5.02 Å². The Hall–Kier alpha value is -3.06. The van der Waals surface area contributed by atoms with E-state index in [2.05, 4.69) is 5.32 Å². The number of halogens is 1. The fraction of sp³-hybridized carbons (Fsp3) is 0.286. The van der Waals surface area contributed by atoms with E-state index < -0.39 is 23.3 Å². The third-order valence-corrected chi connectivity index (χ3v) is 5.15. The molecule has 0 unspecified atom stereocenters. The van der Waals surface area contributed by atoms with Crippen molar-refractivity contribution in [2.24, 2.45) is 0 Å². The van der Waals surface area contributed by atoms with Crippen molar-refractivity contribution in [2.75, 3.05) is 20.8 Å². The van der Waals surface area contributed by atoms with Crippen molar-refractivity contribution < 1.29 is 23.9 Å². The molecule has 3 rings (SSSR count). The third-order valence-electron chi connectivity index (χ3n) is 4.86. The molecule has 1 aliphatic rings. The van der Waals surface area contributed by atoms with E-state index in [0.717, 1.165) is 10.5 Å². The zero-order valence-corrected chi connectivity index (χ0v) is 17.1. The van der Waals surface area contributed by atoms with Crippen LogP contribution in [-0.2, 0) is 11.2 Å². The average molecular weight is 417 g/mol. The van der Waals surface area contributed by atoms with Gasteiger partial charge in [-0.3, -0.25) is 14.5 Å². The molecule has 1 N–H and O–H groups in total. The lowest BCUT2D eigenvalue weighted by molar-refractivity contribution is -0.130. The van der Waals surface area contributed by atoms with Crippen molar-refractivity contribution in [3.05, 3.63) is 58.6 Å². The maximum absolute atomic E-state index is 13.0. The van der Waals surface area contributed by atoms with Crippen LogP contribution in [-0.4, -0.2) is 48.9 Å². The zero-order chi connectivity index (χ0) is 21.2. The minimum atomic E-state index is -1.18. The minimum Gasteiger partial charge on any atom is -0.496 e. The summed E-state index contributed by atoms with van der Waals surface area (Å²) in [5, 5.41) is 2.97. The number of benzene rings is 2. The summed E-state index contributed by atoms with van der Waals surface area (Å²) in [6.45, 7) is 1.25. The number of ketones is 1. The quantitative estimate of drug-likeness (QED) is 0.553. The normalized spacial score (nSPS) is 18.6. The molecule has 29 heavy (non-hydrogen) atoms. The van der Waals surface area contributed by atoms with Gasteiger partial charge >= 0.3 is 6.03 Å². The summed E-state index contributed by atoms with van der Waals surface area (Å²) in [6, 6.07) is 11.2. The number of hydrogen-bond acceptors (Lipinski definition) is 5. The summed E-state index contributed by atoms with van der Waals surface area (Å²) in [4.78, 5) is 39.0. The number of nitrogens with zero attached hydrogens (tertiary/aromatic N) is 1. The van der Waals surface area contributed by atoms with Crippen LogP contribution >= 0.6 is 11.6 Å². The van der Waals surface area contributed by atoms with Crippen LogP contribution in [0.25, 0.3) is 0 Å². The van der Waals surface area contributed by atoms with E-state index in [0.29, 0.717) is 11.5 Å². The van der Waals surface area contributed by atoms with Gasteiger partial charge < -0.3 is 14.8 Å². The highest BCUT2D eigenvalue weighted by molar-refractivity contribution is 6.32. The van der Waals surface area contributed by atoms with Gasteiger partial charge in [0.15, 0.2) is 5.78 Å². The summed E-state index contributed by atoms with van der Waals surface area (Å²) in [6.07, 6.45) is 0.237. The lowest BCUT2D eigenvalue weighted by Gasteiger charge is -2.22. The second-order valence-electron chi connectivity index (χ2n) is 6.91. The fourth-order valence-electron chi connectivity index (χ4n) is 3.32. The van der Waals surface area contributed by atoms with Gasteiger partial charge in [-0.25, -0.2) is 4.79 Å². The van der Waals surface area contributed by atoms with Crippen molar-refractivity contribution >= 4 is 29.3 Å². The maximum atomic E-state index is 13.0. The molecule has 1 aliphatic heterocycles. The summed E-state index contributed by atoms with van der Waals surface area (Å²) in [5.74, 6) is 0.182. The molecule has 2 aromatic rings. The van der Waals surface area contributed by atoms with Crippen molar-refractivity contribution in [2.45, 2.75) is 18.9 Å². The Morgan fingerprint density at radius 2 is 1.79 bits per heavy atom. The van der Waals surface area contributed by atoms with Crippen LogP contribution in [0, 0.1) is 0 Å². The number of ether oxygens (including phenoxy) is 2. The van der Waals surface area contributed by atoms with Crippen LogP contribution in [0.5, 0.6) is 11.5 Å². The number of urea groups is 1. The number of imide groups is 1. The van der Waals surface area contributed by atoms with Crippen molar-refractivity contribution in [3.8, 4) is 11.5 Å². The molecule has 0 bridgehead atoms. The Morgan fingerprint density at radius 1 is 1.10 bits per heavy atom. The van der Waals surface area contributed by atoms with Crippen molar-refractivity contribution in [1.82, 2.24) is 10.2 Å². The van der Waals surface area contributed by atoms with Gasteiger partial charge in [0.05, 0.1) is 25.8 Å². The number of rotatable bonds is 7. The number of amides is 3. The van der Waals surface area contributed by atoms with E-state index in [4.69, 9.17) is 21.1 Å². The summed E-state index contributed by atoms with van der Waals surface area (Å²) < 4.78 is 10.4. The molecule has 0 radical (unpaired) electrons. The number of para-hydroxylation sites is 1. The van der Waals surface area contributed by atoms with E-state index in [1.807, 2.05) is 18.2 Å². The van der Waals surface area contributed by atoms with Gasteiger partial charge in [-0.1, -0.05) is 29.8 Å². The monoisotopic (exact) mass is 416 g/mol. The molecule has 0 saturated carbocycles. The van der Waals surface area contributed by atoms with E-state index in [9.17, 15) is 14.4 Å². The predicted molar refractivity (Wildman–Crippen MR) is 108 cm³/mol. The van der Waals surface area contributed by atoms with E-state index in [1.165, 1.54) is 13.2 Å². The second kappa shape index (κ2) is 8.13. The number of carbonyl (C=O) groups is 3. The first kappa shape index (κ1) is 20.7. The van der Waals surface area contributed by atoms with Crippen LogP contribution in [0.1, 0.15) is 22.8 Å². The van der Waals surface area contributed by atoms with E-state index in [-0.39, 0.29) is 23.6 Å². The Labute approximate surface area is 173 Å². The Morgan fingerprint density at radius 3 is 2.45 bits per heavy atom. The molecule has 3 amide bonds. The predicted octanol–water partition coefficient (Wildman–Crippen LogP) is 3.09. The lowest BCUT2D eigenvalue weighted by atomic mass is 9.92. The first-order valence-corrected chi connectivity index (χ1v) is 9.29. The van der Waals surface area contributed by atoms with Gasteiger partial charge in [0.2, 0.25) is 0 Å². The molecule has 0 aliphatic carbocycles. The third kappa shape index (κ3) is 4.05. The first-order valence-electron chi connectivity index (χ1n) is 8.92. The summed E-state index contributed by atoms with van der Waals surface area (Å²) in [7, 11) is 3.01. The average Bonchev–Trinajstić information content (AvgIpc) is 2.91. The second-order valence-corrected chi connectivity index (χ2v) is 7.32. The molecule has 8 heteroatoms. The topological polar surface area (TPSA) is 84.9 Å². The van der Waals surface area contributed by atoms with Crippen molar-refractivity contribution in [1.29, 1.82) is 0 Å². The zero-order valence-electron chi connectivity index (χ0n) is 16.3. The maximum Gasteiger partial charge on any atom is 0.325 e. The van der Waals surface area contributed by atoms with Crippen LogP contribution in [0.3, 0.4) is 0 Å². The van der Waals surface area contributed by atoms with Crippen LogP contribution in [0.15, 0.2) is 42.5 Å². The molecule has 2 aromatic carbocycles. The molecule has 0 aromatic heterocycles. The standard InChI is InChI=1S/C21H21ClN2O5/c1-21(11-14-6-4-5-7-17(14)28-2)19(26)24(20(27)23-21)12-16(25)13-8-9-18(29-3)15(22)10-13/h4-10H,11-12H2,1-3H3,(H,23,27)/t21-/m0/s1. The Kier molecular flexibility index (Phi) is 5.79. The SMILES string of the molecule is COc1ccc(C(=O)CN2C(=O)N[C@@](C)(Cc3ccccc3OC)C2=O)cc1Cl. The molecule has 1 atom stereocenters. The summed E-state index contributed by atoms with van der Waals surface area (Å²) in [5.41, 5.74) is -0.111. The van der Waals surface area contributed by atoms with Gasteiger partial charge in [0, 0.05) is 12.0 Å². The number of methoxy groups -OCH3 is 2. The van der Waals surface area contributed by atoms with Crippen LogP contribution < -0.4 is 14.8 Å². The van der Waals surface area contributed by atoms with Gasteiger partial charge in [-0.15, -0.1) is 0 Å². The number of Topliss-reactive ketones (excluding diaryl/α,β-unsaturated/α-hetero) is 1. The van der Waals surface area contributed by atoms with E-state index >= 15 is 0 Å². The minimum absolute atomic E-state index is 0.237. The Bertz CT molecular complexity index is 977. The summed E-state index contributed by atoms with van der Waals surface area (Å²) >= 11 is 6.06. The molecule has 152 valence electrons. The molecule has 1 heterocycles. The Balaban J connectivity index is 1.78. The highest BCUT2D eigenvalue weighted by Crippen LogP contribution is 2.28. The molecule has 1 fully saturated rings. The highest BCUT2D eigenvalue weighted by atomic mass is 35.5. The van der Waals surface area contributed by atoms with E-state index in [1.54, 1.807) is 32.2 Å².